The lowest BCUT2D eigenvalue weighted by Gasteiger charge is -2.17. The number of rotatable bonds is 3. The van der Waals surface area contributed by atoms with Gasteiger partial charge in [0.05, 0.1) is 19.3 Å². The molecule has 0 unspecified atom stereocenters. The summed E-state index contributed by atoms with van der Waals surface area (Å²) < 4.78 is 11.5. The number of hydrogen-bond acceptors (Lipinski definition) is 4. The van der Waals surface area contributed by atoms with Crippen LogP contribution in [0.2, 0.25) is 0 Å². The van der Waals surface area contributed by atoms with E-state index in [2.05, 4.69) is 13.8 Å². The van der Waals surface area contributed by atoms with Crippen LogP contribution in [0.3, 0.4) is 0 Å². The lowest BCUT2D eigenvalue weighted by atomic mass is 9.85. The molecule has 4 atom stereocenters. The first kappa shape index (κ1) is 15.7. The van der Waals surface area contributed by atoms with E-state index in [9.17, 15) is 10.2 Å². The second-order valence-corrected chi connectivity index (χ2v) is 6.21. The summed E-state index contributed by atoms with van der Waals surface area (Å²) in [5.74, 6) is 1.50. The summed E-state index contributed by atoms with van der Waals surface area (Å²) in [7, 11) is 1.65. The largest absolute Gasteiger partial charge is 0.508 e. The number of phenolic OH excluding ortho intramolecular Hbond substituents is 2. The van der Waals surface area contributed by atoms with Crippen molar-refractivity contribution in [3.8, 4) is 17.2 Å². The zero-order valence-electron chi connectivity index (χ0n) is 13.6. The first-order valence-electron chi connectivity index (χ1n) is 7.82. The zero-order valence-corrected chi connectivity index (χ0v) is 13.6. The average molecular weight is 314 g/mol. The van der Waals surface area contributed by atoms with Crippen molar-refractivity contribution in [2.24, 2.45) is 11.8 Å². The monoisotopic (exact) mass is 314 g/mol. The average Bonchev–Trinajstić information content (AvgIpc) is 2.84. The van der Waals surface area contributed by atoms with E-state index in [1.807, 2.05) is 24.3 Å². The summed E-state index contributed by atoms with van der Waals surface area (Å²) in [6, 6.07) is 12.6. The van der Waals surface area contributed by atoms with E-state index < -0.39 is 0 Å². The van der Waals surface area contributed by atoms with Crippen molar-refractivity contribution in [2.75, 3.05) is 7.11 Å². The highest BCUT2D eigenvalue weighted by Crippen LogP contribution is 2.50. The van der Waals surface area contributed by atoms with Crippen molar-refractivity contribution < 1.29 is 19.7 Å². The molecule has 0 radical (unpaired) electrons. The Morgan fingerprint density at radius 2 is 1.57 bits per heavy atom. The van der Waals surface area contributed by atoms with Crippen molar-refractivity contribution in [2.45, 2.75) is 26.1 Å². The minimum absolute atomic E-state index is 0.0332. The third kappa shape index (κ3) is 2.86. The highest BCUT2D eigenvalue weighted by atomic mass is 16.5. The van der Waals surface area contributed by atoms with Gasteiger partial charge in [0.2, 0.25) is 0 Å². The minimum Gasteiger partial charge on any atom is -0.508 e. The number of methoxy groups -OCH3 is 1. The molecular weight excluding hydrogens is 292 g/mol. The van der Waals surface area contributed by atoms with Gasteiger partial charge < -0.3 is 19.7 Å². The third-order valence-electron chi connectivity index (χ3n) is 4.84. The van der Waals surface area contributed by atoms with E-state index in [0.717, 1.165) is 16.9 Å². The van der Waals surface area contributed by atoms with Gasteiger partial charge in [-0.05, 0) is 41.7 Å². The van der Waals surface area contributed by atoms with Crippen molar-refractivity contribution in [3.05, 3.63) is 53.6 Å². The Hall–Kier alpha value is -2.20. The molecule has 0 bridgehead atoms. The molecule has 1 fully saturated rings. The van der Waals surface area contributed by atoms with Crippen LogP contribution in [0.1, 0.15) is 37.2 Å². The second kappa shape index (κ2) is 6.13. The Kier molecular flexibility index (Phi) is 4.18. The summed E-state index contributed by atoms with van der Waals surface area (Å²) in [6.07, 6.45) is -0.230. The van der Waals surface area contributed by atoms with Crippen LogP contribution in [0.4, 0.5) is 0 Å². The fourth-order valence-electron chi connectivity index (χ4n) is 3.26. The predicted molar refractivity (Wildman–Crippen MR) is 87.7 cm³/mol. The number of hydrogen-bond donors (Lipinski definition) is 2. The normalized spacial score (nSPS) is 27.1. The lowest BCUT2D eigenvalue weighted by molar-refractivity contribution is 0.0278. The molecule has 23 heavy (non-hydrogen) atoms. The van der Waals surface area contributed by atoms with Crippen molar-refractivity contribution in [1.82, 2.24) is 0 Å². The van der Waals surface area contributed by atoms with E-state index in [1.54, 1.807) is 19.2 Å². The molecular formula is C19H22O4. The van der Waals surface area contributed by atoms with Crippen LogP contribution in [0.15, 0.2) is 42.5 Å². The van der Waals surface area contributed by atoms with Crippen molar-refractivity contribution in [1.29, 1.82) is 0 Å². The maximum Gasteiger partial charge on any atom is 0.125 e. The van der Waals surface area contributed by atoms with E-state index in [1.165, 1.54) is 6.07 Å². The molecule has 0 amide bonds. The molecule has 2 aromatic rings. The second-order valence-electron chi connectivity index (χ2n) is 6.21. The van der Waals surface area contributed by atoms with E-state index in [0.29, 0.717) is 5.92 Å². The van der Waals surface area contributed by atoms with Crippen molar-refractivity contribution >= 4 is 0 Å². The Bertz CT molecular complexity index is 680. The van der Waals surface area contributed by atoms with Gasteiger partial charge in [0.15, 0.2) is 0 Å². The molecule has 2 N–H and O–H groups in total. The van der Waals surface area contributed by atoms with Crippen molar-refractivity contribution in [3.63, 3.8) is 0 Å². The Labute approximate surface area is 136 Å². The van der Waals surface area contributed by atoms with Crippen LogP contribution in [0.5, 0.6) is 17.2 Å². The molecule has 4 nitrogen and oxygen atoms in total. The molecule has 1 saturated heterocycles. The van der Waals surface area contributed by atoms with Gasteiger partial charge in [-0.15, -0.1) is 0 Å². The fraction of sp³-hybridized carbons (Fsp3) is 0.368. The molecule has 0 aliphatic carbocycles. The molecule has 0 saturated carbocycles. The van der Waals surface area contributed by atoms with Crippen LogP contribution in [0.25, 0.3) is 0 Å². The first-order valence-corrected chi connectivity index (χ1v) is 7.82. The smallest absolute Gasteiger partial charge is 0.125 e. The van der Waals surface area contributed by atoms with E-state index in [-0.39, 0.29) is 29.6 Å². The Balaban J connectivity index is 1.88. The topological polar surface area (TPSA) is 58.9 Å². The first-order chi connectivity index (χ1) is 11.0. The molecule has 0 aromatic heterocycles. The van der Waals surface area contributed by atoms with Gasteiger partial charge in [-0.25, -0.2) is 0 Å². The standard InChI is InChI=1S/C19H22O4/c1-11-12(2)19(16-9-6-14(20)10-17(16)21)23-18(11)13-4-7-15(22-3)8-5-13/h4-12,18-21H,1-3H3/t11-,12+,18-,19-/m1/s1. The van der Waals surface area contributed by atoms with Gasteiger partial charge in [-0.1, -0.05) is 26.0 Å². The molecule has 122 valence electrons. The SMILES string of the molecule is COc1ccc([C@@H]2O[C@@H](c3ccc(O)cc3O)[C@@H](C)[C@H]2C)cc1. The lowest BCUT2D eigenvalue weighted by Crippen LogP contribution is -2.09. The van der Waals surface area contributed by atoms with Gasteiger partial charge in [0, 0.05) is 11.6 Å². The van der Waals surface area contributed by atoms with Crippen LogP contribution in [0, 0.1) is 11.8 Å². The fourth-order valence-corrected chi connectivity index (χ4v) is 3.26. The molecule has 1 aliphatic heterocycles. The maximum atomic E-state index is 10.1. The maximum absolute atomic E-state index is 10.1. The molecule has 1 heterocycles. The molecule has 1 aliphatic rings. The summed E-state index contributed by atoms with van der Waals surface area (Å²) in [4.78, 5) is 0. The predicted octanol–water partition coefficient (Wildman–Crippen LogP) is 4.19. The summed E-state index contributed by atoms with van der Waals surface area (Å²) in [5, 5.41) is 19.6. The van der Waals surface area contributed by atoms with Gasteiger partial charge in [0.25, 0.3) is 0 Å². The molecule has 2 aromatic carbocycles. The van der Waals surface area contributed by atoms with Crippen LogP contribution >= 0.6 is 0 Å². The zero-order chi connectivity index (χ0) is 16.6. The van der Waals surface area contributed by atoms with Gasteiger partial charge in [-0.3, -0.25) is 0 Å². The van der Waals surface area contributed by atoms with Gasteiger partial charge in [0.1, 0.15) is 17.2 Å². The van der Waals surface area contributed by atoms with Crippen LogP contribution in [-0.2, 0) is 4.74 Å². The summed E-state index contributed by atoms with van der Waals surface area (Å²) in [5.41, 5.74) is 1.82. The van der Waals surface area contributed by atoms with E-state index in [4.69, 9.17) is 9.47 Å². The minimum atomic E-state index is -0.197. The number of benzene rings is 2. The molecule has 0 spiro atoms. The molecule has 3 rings (SSSR count). The number of ether oxygens (including phenoxy) is 2. The van der Waals surface area contributed by atoms with Crippen LogP contribution < -0.4 is 4.74 Å². The Morgan fingerprint density at radius 1 is 0.913 bits per heavy atom. The summed E-state index contributed by atoms with van der Waals surface area (Å²) in [6.45, 7) is 4.29. The van der Waals surface area contributed by atoms with E-state index >= 15 is 0 Å². The highest BCUT2D eigenvalue weighted by Gasteiger charge is 2.41. The quantitative estimate of drug-likeness (QED) is 0.892. The highest BCUT2D eigenvalue weighted by molar-refractivity contribution is 5.41. The number of aromatic hydroxyl groups is 2. The third-order valence-corrected chi connectivity index (χ3v) is 4.84. The van der Waals surface area contributed by atoms with Crippen LogP contribution in [-0.4, -0.2) is 17.3 Å². The van der Waals surface area contributed by atoms with Gasteiger partial charge >= 0.3 is 0 Å². The number of phenols is 2. The Morgan fingerprint density at radius 3 is 2.17 bits per heavy atom. The summed E-state index contributed by atoms with van der Waals surface area (Å²) >= 11 is 0. The van der Waals surface area contributed by atoms with Gasteiger partial charge in [-0.2, -0.15) is 0 Å². The molecule has 4 heteroatoms.